The Morgan fingerprint density at radius 1 is 1.18 bits per heavy atom. The van der Waals surface area contributed by atoms with Crippen LogP contribution in [0, 0.1) is 13.8 Å². The first-order valence-electron chi connectivity index (χ1n) is 5.26. The topological polar surface area (TPSA) is 48.0 Å². The molecular formula is C13H13ClN2O. The number of hydrogen-bond donors (Lipinski definition) is 1. The van der Waals surface area contributed by atoms with Gasteiger partial charge < -0.3 is 5.73 Å². The molecule has 3 nitrogen and oxygen atoms in total. The second-order valence-electron chi connectivity index (χ2n) is 3.91. The number of nitrogen functional groups attached to an aromatic ring is 1. The Morgan fingerprint density at radius 2 is 1.76 bits per heavy atom. The number of nitrogens with two attached hydrogens (primary N) is 1. The monoisotopic (exact) mass is 248 g/mol. The van der Waals surface area contributed by atoms with Gasteiger partial charge in [0.15, 0.2) is 0 Å². The summed E-state index contributed by atoms with van der Waals surface area (Å²) in [5.74, 6) is 0. The molecule has 0 unspecified atom stereocenters. The molecule has 0 saturated heterocycles. The Labute approximate surface area is 104 Å². The summed E-state index contributed by atoms with van der Waals surface area (Å²) in [7, 11) is 0. The highest BCUT2D eigenvalue weighted by Gasteiger charge is 2.14. The molecule has 0 aliphatic heterocycles. The molecule has 0 aliphatic rings. The fourth-order valence-corrected chi connectivity index (χ4v) is 2.00. The number of benzene rings is 1. The van der Waals surface area contributed by atoms with Crippen LogP contribution in [0.3, 0.4) is 0 Å². The standard InChI is InChI=1S/C13H13ClN2O/c1-8-11(14)9(2)16(13(17)12(8)15)10-6-4-3-5-7-10/h3-7H,15H2,1-2H3. The summed E-state index contributed by atoms with van der Waals surface area (Å²) in [5.41, 5.74) is 7.85. The van der Waals surface area contributed by atoms with Gasteiger partial charge in [-0.25, -0.2) is 0 Å². The minimum atomic E-state index is -0.226. The van der Waals surface area contributed by atoms with Gasteiger partial charge >= 0.3 is 0 Å². The van der Waals surface area contributed by atoms with Gasteiger partial charge in [-0.15, -0.1) is 0 Å². The van der Waals surface area contributed by atoms with E-state index in [1.165, 1.54) is 4.57 Å². The van der Waals surface area contributed by atoms with Gasteiger partial charge in [-0.05, 0) is 31.5 Å². The maximum absolute atomic E-state index is 12.1. The normalized spacial score (nSPS) is 10.5. The molecule has 2 rings (SSSR count). The van der Waals surface area contributed by atoms with E-state index in [9.17, 15) is 4.79 Å². The van der Waals surface area contributed by atoms with Gasteiger partial charge in [-0.2, -0.15) is 0 Å². The molecule has 0 radical (unpaired) electrons. The van der Waals surface area contributed by atoms with Crippen molar-refractivity contribution in [2.45, 2.75) is 13.8 Å². The summed E-state index contributed by atoms with van der Waals surface area (Å²) in [6.07, 6.45) is 0. The molecule has 17 heavy (non-hydrogen) atoms. The maximum atomic E-state index is 12.1. The Bertz CT molecular complexity index is 618. The van der Waals surface area contributed by atoms with Crippen molar-refractivity contribution in [2.24, 2.45) is 0 Å². The summed E-state index contributed by atoms with van der Waals surface area (Å²) < 4.78 is 1.53. The fourth-order valence-electron chi connectivity index (χ4n) is 1.81. The van der Waals surface area contributed by atoms with Crippen LogP contribution in [0.2, 0.25) is 5.02 Å². The van der Waals surface area contributed by atoms with Crippen LogP contribution < -0.4 is 11.3 Å². The molecule has 0 saturated carbocycles. The number of hydrogen-bond acceptors (Lipinski definition) is 2. The van der Waals surface area contributed by atoms with Gasteiger partial charge in [0.1, 0.15) is 5.69 Å². The molecule has 88 valence electrons. The van der Waals surface area contributed by atoms with Crippen molar-refractivity contribution < 1.29 is 0 Å². The number of rotatable bonds is 1. The lowest BCUT2D eigenvalue weighted by molar-refractivity contribution is 0.932. The minimum absolute atomic E-state index is 0.199. The first-order chi connectivity index (χ1) is 8.04. The Balaban J connectivity index is 2.85. The number of halogens is 1. The molecule has 0 fully saturated rings. The molecule has 2 aromatic rings. The van der Waals surface area contributed by atoms with Crippen LogP contribution in [0.15, 0.2) is 35.1 Å². The zero-order valence-corrected chi connectivity index (χ0v) is 10.5. The van der Waals surface area contributed by atoms with Gasteiger partial charge in [0.25, 0.3) is 5.56 Å². The maximum Gasteiger partial charge on any atom is 0.278 e. The van der Waals surface area contributed by atoms with Crippen LogP contribution in [0.4, 0.5) is 5.69 Å². The van der Waals surface area contributed by atoms with Crippen LogP contribution in [-0.4, -0.2) is 4.57 Å². The molecule has 0 amide bonds. The summed E-state index contributed by atoms with van der Waals surface area (Å²) >= 11 is 6.17. The zero-order valence-electron chi connectivity index (χ0n) is 9.70. The van der Waals surface area contributed by atoms with Crippen LogP contribution in [-0.2, 0) is 0 Å². The van der Waals surface area contributed by atoms with Gasteiger partial charge in [-0.3, -0.25) is 9.36 Å². The number of anilines is 1. The Hall–Kier alpha value is -1.74. The van der Waals surface area contributed by atoms with Gasteiger partial charge in [0.2, 0.25) is 0 Å². The third kappa shape index (κ3) is 1.83. The van der Waals surface area contributed by atoms with E-state index in [0.717, 1.165) is 5.69 Å². The SMILES string of the molecule is Cc1c(Cl)c(C)n(-c2ccccc2)c(=O)c1N. The largest absolute Gasteiger partial charge is 0.394 e. The lowest BCUT2D eigenvalue weighted by atomic mass is 10.2. The molecule has 0 aliphatic carbocycles. The number of pyridine rings is 1. The molecule has 1 aromatic heterocycles. The highest BCUT2D eigenvalue weighted by molar-refractivity contribution is 6.32. The van der Waals surface area contributed by atoms with E-state index in [4.69, 9.17) is 17.3 Å². The average Bonchev–Trinajstić information content (AvgIpc) is 2.36. The van der Waals surface area contributed by atoms with Crippen molar-refractivity contribution in [2.75, 3.05) is 5.73 Å². The second kappa shape index (κ2) is 4.26. The van der Waals surface area contributed by atoms with Gasteiger partial charge in [-0.1, -0.05) is 29.8 Å². The van der Waals surface area contributed by atoms with Crippen molar-refractivity contribution in [1.82, 2.24) is 4.57 Å². The van der Waals surface area contributed by atoms with Crippen LogP contribution in [0.25, 0.3) is 5.69 Å². The van der Waals surface area contributed by atoms with Crippen molar-refractivity contribution in [3.8, 4) is 5.69 Å². The summed E-state index contributed by atoms with van der Waals surface area (Å²) in [6, 6.07) is 9.32. The van der Waals surface area contributed by atoms with E-state index in [2.05, 4.69) is 0 Å². The van der Waals surface area contributed by atoms with E-state index in [-0.39, 0.29) is 11.2 Å². The van der Waals surface area contributed by atoms with Crippen molar-refractivity contribution in [1.29, 1.82) is 0 Å². The second-order valence-corrected chi connectivity index (χ2v) is 4.29. The number of nitrogens with zero attached hydrogens (tertiary/aromatic N) is 1. The predicted octanol–water partition coefficient (Wildman–Crippen LogP) is 2.69. The predicted molar refractivity (Wildman–Crippen MR) is 70.9 cm³/mol. The quantitative estimate of drug-likeness (QED) is 0.844. The summed E-state index contributed by atoms with van der Waals surface area (Å²) in [4.78, 5) is 12.1. The average molecular weight is 249 g/mol. The Morgan fingerprint density at radius 3 is 2.35 bits per heavy atom. The lowest BCUT2D eigenvalue weighted by Crippen LogP contribution is -2.25. The highest BCUT2D eigenvalue weighted by atomic mass is 35.5. The van der Waals surface area contributed by atoms with Crippen molar-refractivity contribution >= 4 is 17.3 Å². The van der Waals surface area contributed by atoms with Crippen LogP contribution >= 0.6 is 11.6 Å². The van der Waals surface area contributed by atoms with E-state index in [1.807, 2.05) is 37.3 Å². The molecule has 0 atom stereocenters. The molecule has 0 bridgehead atoms. The smallest absolute Gasteiger partial charge is 0.278 e. The third-order valence-corrected chi connectivity index (χ3v) is 3.39. The zero-order chi connectivity index (χ0) is 12.6. The van der Waals surface area contributed by atoms with E-state index in [0.29, 0.717) is 16.3 Å². The molecule has 0 spiro atoms. The van der Waals surface area contributed by atoms with Gasteiger partial charge in [0.05, 0.1) is 5.02 Å². The van der Waals surface area contributed by atoms with E-state index >= 15 is 0 Å². The summed E-state index contributed by atoms with van der Waals surface area (Å²) in [5, 5.41) is 0.533. The highest BCUT2D eigenvalue weighted by Crippen LogP contribution is 2.24. The molecular weight excluding hydrogens is 236 g/mol. The lowest BCUT2D eigenvalue weighted by Gasteiger charge is -2.14. The van der Waals surface area contributed by atoms with E-state index < -0.39 is 0 Å². The fraction of sp³-hybridized carbons (Fsp3) is 0.154. The first-order valence-corrected chi connectivity index (χ1v) is 5.64. The molecule has 1 aromatic carbocycles. The molecule has 2 N–H and O–H groups in total. The third-order valence-electron chi connectivity index (χ3n) is 2.83. The van der Waals surface area contributed by atoms with Crippen molar-refractivity contribution in [3.63, 3.8) is 0 Å². The van der Waals surface area contributed by atoms with Crippen LogP contribution in [0.1, 0.15) is 11.3 Å². The van der Waals surface area contributed by atoms with Crippen molar-refractivity contribution in [3.05, 3.63) is 57.0 Å². The number of para-hydroxylation sites is 1. The van der Waals surface area contributed by atoms with Crippen LogP contribution in [0.5, 0.6) is 0 Å². The molecule has 1 heterocycles. The molecule has 4 heteroatoms. The van der Waals surface area contributed by atoms with Gasteiger partial charge in [0, 0.05) is 11.4 Å². The van der Waals surface area contributed by atoms with E-state index in [1.54, 1.807) is 6.92 Å². The summed E-state index contributed by atoms with van der Waals surface area (Å²) in [6.45, 7) is 3.56. The Kier molecular flexibility index (Phi) is 2.94. The first kappa shape index (κ1) is 11.7. The minimum Gasteiger partial charge on any atom is -0.394 e. The number of aromatic nitrogens is 1.